The molecule has 1 aliphatic rings. The first kappa shape index (κ1) is 19.1. The molecule has 1 saturated heterocycles. The maximum atomic E-state index is 12.9. The molecule has 7 heteroatoms. The fraction of sp³-hybridized carbons (Fsp3) is 0.318. The summed E-state index contributed by atoms with van der Waals surface area (Å²) in [6, 6.07) is 17.1. The Labute approximate surface area is 169 Å². The molecule has 0 saturated carbocycles. The third kappa shape index (κ3) is 5.00. The number of hydrogen-bond donors (Lipinski definition) is 1. The van der Waals surface area contributed by atoms with Crippen LogP contribution in [-0.2, 0) is 17.8 Å². The number of amides is 1. The van der Waals surface area contributed by atoms with Gasteiger partial charge in [-0.2, -0.15) is 0 Å². The second kappa shape index (κ2) is 8.45. The molecule has 1 atom stereocenters. The number of ether oxygens (including phenoxy) is 1. The van der Waals surface area contributed by atoms with Crippen LogP contribution >= 0.6 is 0 Å². The van der Waals surface area contributed by atoms with Crippen molar-refractivity contribution >= 4 is 5.91 Å². The highest BCUT2D eigenvalue weighted by Crippen LogP contribution is 2.25. The van der Waals surface area contributed by atoms with Crippen molar-refractivity contribution in [2.24, 2.45) is 0 Å². The molecule has 0 radical (unpaired) electrons. The Kier molecular flexibility index (Phi) is 5.57. The smallest absolute Gasteiger partial charge is 0.227 e. The lowest BCUT2D eigenvalue weighted by Gasteiger charge is -2.39. The summed E-state index contributed by atoms with van der Waals surface area (Å²) in [5.74, 6) is 1.45. The normalized spacial score (nSPS) is 19.1. The number of piperidine rings is 1. The number of carbonyl (C=O) groups excluding carboxylic acids is 1. The molecule has 2 aromatic carbocycles. The van der Waals surface area contributed by atoms with Crippen LogP contribution in [0.1, 0.15) is 18.4 Å². The van der Waals surface area contributed by atoms with E-state index in [0.717, 1.165) is 17.7 Å². The SMILES string of the molecule is O=C(Cc1cccc(Oc2ccccc2)c1)N1CCCC(O)(Cn2ccnn2)C1. The summed E-state index contributed by atoms with van der Waals surface area (Å²) in [6.45, 7) is 1.28. The Bertz CT molecular complexity index is 946. The summed E-state index contributed by atoms with van der Waals surface area (Å²) < 4.78 is 7.47. The average Bonchev–Trinajstić information content (AvgIpc) is 3.21. The molecule has 0 aliphatic carbocycles. The van der Waals surface area contributed by atoms with Gasteiger partial charge in [0.2, 0.25) is 5.91 Å². The molecule has 1 aromatic heterocycles. The van der Waals surface area contributed by atoms with Crippen LogP contribution in [0.15, 0.2) is 67.0 Å². The first-order valence-electron chi connectivity index (χ1n) is 9.76. The van der Waals surface area contributed by atoms with E-state index in [4.69, 9.17) is 4.74 Å². The minimum Gasteiger partial charge on any atom is -0.457 e. The van der Waals surface area contributed by atoms with Crippen LogP contribution in [0, 0.1) is 0 Å². The van der Waals surface area contributed by atoms with Crippen molar-refractivity contribution in [3.8, 4) is 11.5 Å². The number of aliphatic hydroxyl groups is 1. The molecule has 2 heterocycles. The molecule has 1 fully saturated rings. The highest BCUT2D eigenvalue weighted by atomic mass is 16.5. The minimum atomic E-state index is -0.986. The molecule has 1 amide bonds. The van der Waals surface area contributed by atoms with Gasteiger partial charge in [0.05, 0.1) is 25.7 Å². The summed E-state index contributed by atoms with van der Waals surface area (Å²) in [5, 5.41) is 18.6. The van der Waals surface area contributed by atoms with E-state index in [1.807, 2.05) is 54.6 Å². The van der Waals surface area contributed by atoms with Crippen molar-refractivity contribution in [1.82, 2.24) is 19.9 Å². The lowest BCUT2D eigenvalue weighted by molar-refractivity contribution is -0.138. The van der Waals surface area contributed by atoms with Crippen molar-refractivity contribution in [3.63, 3.8) is 0 Å². The lowest BCUT2D eigenvalue weighted by atomic mass is 9.92. The van der Waals surface area contributed by atoms with Crippen LogP contribution in [0.2, 0.25) is 0 Å². The fourth-order valence-electron chi connectivity index (χ4n) is 3.70. The summed E-state index contributed by atoms with van der Waals surface area (Å²) in [7, 11) is 0. The molecule has 0 spiro atoms. The number of likely N-dealkylation sites (tertiary alicyclic amines) is 1. The number of para-hydroxylation sites is 1. The topological polar surface area (TPSA) is 80.5 Å². The Morgan fingerprint density at radius 3 is 2.76 bits per heavy atom. The van der Waals surface area contributed by atoms with E-state index in [9.17, 15) is 9.90 Å². The van der Waals surface area contributed by atoms with E-state index in [1.165, 1.54) is 0 Å². The van der Waals surface area contributed by atoms with Gasteiger partial charge < -0.3 is 14.7 Å². The third-order valence-electron chi connectivity index (χ3n) is 5.07. The maximum Gasteiger partial charge on any atom is 0.227 e. The van der Waals surface area contributed by atoms with Gasteiger partial charge in [0.1, 0.15) is 17.1 Å². The zero-order valence-electron chi connectivity index (χ0n) is 16.1. The highest BCUT2D eigenvalue weighted by molar-refractivity contribution is 5.79. The van der Waals surface area contributed by atoms with Crippen molar-refractivity contribution in [3.05, 3.63) is 72.6 Å². The van der Waals surface area contributed by atoms with E-state index < -0.39 is 5.60 Å². The number of β-amino-alcohol motifs (C(OH)–C–C–N with tert-alkyl or cyclic N) is 1. The Morgan fingerprint density at radius 1 is 1.14 bits per heavy atom. The van der Waals surface area contributed by atoms with Gasteiger partial charge >= 0.3 is 0 Å². The molecule has 1 N–H and O–H groups in total. The van der Waals surface area contributed by atoms with Crippen molar-refractivity contribution in [2.45, 2.75) is 31.4 Å². The van der Waals surface area contributed by atoms with E-state index >= 15 is 0 Å². The number of rotatable bonds is 6. The van der Waals surface area contributed by atoms with Crippen LogP contribution < -0.4 is 4.74 Å². The molecular formula is C22H24N4O3. The first-order chi connectivity index (χ1) is 14.1. The Balaban J connectivity index is 1.39. The minimum absolute atomic E-state index is 0.00132. The predicted molar refractivity (Wildman–Crippen MR) is 107 cm³/mol. The van der Waals surface area contributed by atoms with Gasteiger partial charge in [-0.1, -0.05) is 35.5 Å². The third-order valence-corrected chi connectivity index (χ3v) is 5.07. The molecule has 1 aliphatic heterocycles. The molecule has 0 bridgehead atoms. The van der Waals surface area contributed by atoms with E-state index in [-0.39, 0.29) is 12.3 Å². The zero-order chi connectivity index (χ0) is 20.1. The van der Waals surface area contributed by atoms with E-state index in [0.29, 0.717) is 31.8 Å². The van der Waals surface area contributed by atoms with Crippen LogP contribution in [-0.4, -0.2) is 49.6 Å². The van der Waals surface area contributed by atoms with Crippen LogP contribution in [0.25, 0.3) is 0 Å². The number of hydrogen-bond acceptors (Lipinski definition) is 5. The molecule has 4 rings (SSSR count). The van der Waals surface area contributed by atoms with E-state index in [1.54, 1.807) is 22.0 Å². The fourth-order valence-corrected chi connectivity index (χ4v) is 3.70. The van der Waals surface area contributed by atoms with Crippen LogP contribution in [0.4, 0.5) is 0 Å². The van der Waals surface area contributed by atoms with Crippen molar-refractivity contribution < 1.29 is 14.6 Å². The molecule has 150 valence electrons. The van der Waals surface area contributed by atoms with Crippen molar-refractivity contribution in [1.29, 1.82) is 0 Å². The van der Waals surface area contributed by atoms with Gasteiger partial charge in [0.25, 0.3) is 0 Å². The Hall–Kier alpha value is -3.19. The quantitative estimate of drug-likeness (QED) is 0.698. The second-order valence-electron chi connectivity index (χ2n) is 7.48. The molecule has 3 aromatic rings. The standard InChI is InChI=1S/C22H24N4O3/c27-21(25-12-5-10-22(28,16-25)17-26-13-11-23-24-26)15-18-6-4-9-20(14-18)29-19-7-2-1-3-8-19/h1-4,6-9,11,13-14,28H,5,10,12,15-17H2. The van der Waals surface area contributed by atoms with Gasteiger partial charge in [-0.25, -0.2) is 4.68 Å². The van der Waals surface area contributed by atoms with Gasteiger partial charge in [-0.05, 0) is 42.7 Å². The predicted octanol–water partition coefficient (Wildman–Crippen LogP) is 2.67. The first-order valence-corrected chi connectivity index (χ1v) is 9.76. The monoisotopic (exact) mass is 392 g/mol. The van der Waals surface area contributed by atoms with Gasteiger partial charge in [-0.15, -0.1) is 5.10 Å². The Morgan fingerprint density at radius 2 is 1.97 bits per heavy atom. The average molecular weight is 392 g/mol. The molecule has 29 heavy (non-hydrogen) atoms. The van der Waals surface area contributed by atoms with Gasteiger partial charge in [0, 0.05) is 12.7 Å². The van der Waals surface area contributed by atoms with Gasteiger partial charge in [-0.3, -0.25) is 4.79 Å². The lowest BCUT2D eigenvalue weighted by Crippen LogP contribution is -2.52. The molecule has 1 unspecified atom stereocenters. The summed E-state index contributed by atoms with van der Waals surface area (Å²) >= 11 is 0. The summed E-state index contributed by atoms with van der Waals surface area (Å²) in [5.41, 5.74) is -0.103. The molecular weight excluding hydrogens is 368 g/mol. The zero-order valence-corrected chi connectivity index (χ0v) is 16.1. The highest BCUT2D eigenvalue weighted by Gasteiger charge is 2.35. The summed E-state index contributed by atoms with van der Waals surface area (Å²) in [4.78, 5) is 14.6. The summed E-state index contributed by atoms with van der Waals surface area (Å²) in [6.07, 6.45) is 4.97. The van der Waals surface area contributed by atoms with E-state index in [2.05, 4.69) is 10.3 Å². The number of aromatic nitrogens is 3. The van der Waals surface area contributed by atoms with Crippen LogP contribution in [0.5, 0.6) is 11.5 Å². The van der Waals surface area contributed by atoms with Crippen LogP contribution in [0.3, 0.4) is 0 Å². The number of carbonyl (C=O) groups is 1. The number of benzene rings is 2. The maximum absolute atomic E-state index is 12.9. The second-order valence-corrected chi connectivity index (χ2v) is 7.48. The largest absolute Gasteiger partial charge is 0.457 e. The molecule has 7 nitrogen and oxygen atoms in total. The van der Waals surface area contributed by atoms with Gasteiger partial charge in [0.15, 0.2) is 0 Å². The number of nitrogens with zero attached hydrogens (tertiary/aromatic N) is 4. The van der Waals surface area contributed by atoms with Crippen molar-refractivity contribution in [2.75, 3.05) is 13.1 Å².